The van der Waals surface area contributed by atoms with Crippen molar-refractivity contribution in [3.63, 3.8) is 0 Å². The molecule has 2 heteroatoms. The number of nitrogens with one attached hydrogen (secondary N) is 2. The number of rotatable bonds is 11. The number of anilines is 4. The number of para-hydroxylation sites is 2. The third kappa shape index (κ3) is 6.29. The van der Waals surface area contributed by atoms with Crippen LogP contribution in [0.5, 0.6) is 0 Å². The van der Waals surface area contributed by atoms with Crippen LogP contribution in [-0.2, 0) is 12.8 Å². The molecular weight excluding hydrogens is 412 g/mol. The zero-order valence-electron chi connectivity index (χ0n) is 20.5. The van der Waals surface area contributed by atoms with Crippen molar-refractivity contribution >= 4 is 22.7 Å². The SMILES string of the molecule is CCCCc1ccccc1Nc1ccc(-c2ccc(Nc3ccccc3CCCC)cc2)cc1. The standard InChI is InChI=1S/C32H36N2/c1-3-5-11-27-13-7-9-15-31(27)33-29-21-17-25(18-22-29)26-19-23-30(24-20-26)34-32-16-10-8-14-28(32)12-6-4-2/h7-10,13-24,33-34H,3-6,11-12H2,1-2H3. The van der Waals surface area contributed by atoms with Crippen LogP contribution in [0.4, 0.5) is 22.7 Å². The van der Waals surface area contributed by atoms with Gasteiger partial charge in [-0.25, -0.2) is 0 Å². The van der Waals surface area contributed by atoms with E-state index in [9.17, 15) is 0 Å². The molecule has 174 valence electrons. The van der Waals surface area contributed by atoms with E-state index in [1.54, 1.807) is 0 Å². The number of hydrogen-bond acceptors (Lipinski definition) is 2. The zero-order valence-corrected chi connectivity index (χ0v) is 20.5. The van der Waals surface area contributed by atoms with Gasteiger partial charge in [0.1, 0.15) is 0 Å². The van der Waals surface area contributed by atoms with Crippen LogP contribution < -0.4 is 10.6 Å². The normalized spacial score (nSPS) is 10.8. The molecule has 34 heavy (non-hydrogen) atoms. The molecule has 4 aromatic rings. The lowest BCUT2D eigenvalue weighted by Gasteiger charge is -2.13. The fraction of sp³-hybridized carbons (Fsp3) is 0.250. The van der Waals surface area contributed by atoms with Gasteiger partial charge in [-0.1, -0.05) is 87.4 Å². The first-order chi connectivity index (χ1) is 16.8. The lowest BCUT2D eigenvalue weighted by atomic mass is 10.0. The lowest BCUT2D eigenvalue weighted by Crippen LogP contribution is -1.96. The minimum Gasteiger partial charge on any atom is -0.355 e. The Kier molecular flexibility index (Phi) is 8.40. The van der Waals surface area contributed by atoms with Gasteiger partial charge in [-0.2, -0.15) is 0 Å². The molecule has 0 unspecified atom stereocenters. The Hall–Kier alpha value is -3.52. The molecule has 0 spiro atoms. The van der Waals surface area contributed by atoms with Crippen molar-refractivity contribution < 1.29 is 0 Å². The van der Waals surface area contributed by atoms with Crippen LogP contribution in [0.15, 0.2) is 97.1 Å². The maximum atomic E-state index is 3.61. The first-order valence-corrected chi connectivity index (χ1v) is 12.7. The van der Waals surface area contributed by atoms with E-state index in [2.05, 4.69) is 122 Å². The van der Waals surface area contributed by atoms with Crippen molar-refractivity contribution in [1.82, 2.24) is 0 Å². The van der Waals surface area contributed by atoms with Gasteiger partial charge in [0.15, 0.2) is 0 Å². The summed E-state index contributed by atoms with van der Waals surface area (Å²) in [6.07, 6.45) is 7.08. The van der Waals surface area contributed by atoms with Crippen molar-refractivity contribution in [2.45, 2.75) is 52.4 Å². The average Bonchev–Trinajstić information content (AvgIpc) is 2.89. The van der Waals surface area contributed by atoms with Crippen LogP contribution in [0.25, 0.3) is 11.1 Å². The van der Waals surface area contributed by atoms with Gasteiger partial charge in [0.2, 0.25) is 0 Å². The summed E-state index contributed by atoms with van der Waals surface area (Å²) in [7, 11) is 0. The molecule has 0 aliphatic rings. The highest BCUT2D eigenvalue weighted by Crippen LogP contribution is 2.28. The highest BCUT2D eigenvalue weighted by molar-refractivity contribution is 5.72. The number of unbranched alkanes of at least 4 members (excludes halogenated alkanes) is 2. The van der Waals surface area contributed by atoms with Gasteiger partial charge < -0.3 is 10.6 Å². The molecule has 0 atom stereocenters. The van der Waals surface area contributed by atoms with Crippen LogP contribution in [0, 0.1) is 0 Å². The highest BCUT2D eigenvalue weighted by atomic mass is 14.9. The van der Waals surface area contributed by atoms with E-state index in [1.165, 1.54) is 59.3 Å². The van der Waals surface area contributed by atoms with Crippen molar-refractivity contribution in [2.75, 3.05) is 10.6 Å². The Morgan fingerprint density at radius 1 is 0.471 bits per heavy atom. The van der Waals surface area contributed by atoms with E-state index >= 15 is 0 Å². The van der Waals surface area contributed by atoms with Crippen molar-refractivity contribution in [3.05, 3.63) is 108 Å². The fourth-order valence-corrected chi connectivity index (χ4v) is 4.26. The highest BCUT2D eigenvalue weighted by Gasteiger charge is 2.05. The molecular formula is C32H36N2. The summed E-state index contributed by atoms with van der Waals surface area (Å²) in [6.45, 7) is 4.48. The van der Waals surface area contributed by atoms with Crippen LogP contribution in [-0.4, -0.2) is 0 Å². The Bertz CT molecular complexity index is 1070. The van der Waals surface area contributed by atoms with Gasteiger partial charge in [0.05, 0.1) is 0 Å². The summed E-state index contributed by atoms with van der Waals surface area (Å²) >= 11 is 0. The number of hydrogen-bond donors (Lipinski definition) is 2. The lowest BCUT2D eigenvalue weighted by molar-refractivity contribution is 0.796. The molecule has 0 heterocycles. The Morgan fingerprint density at radius 3 is 1.24 bits per heavy atom. The maximum Gasteiger partial charge on any atom is 0.0416 e. The monoisotopic (exact) mass is 448 g/mol. The largest absolute Gasteiger partial charge is 0.355 e. The molecule has 4 rings (SSSR count). The summed E-state index contributed by atoms with van der Waals surface area (Å²) in [5.74, 6) is 0. The average molecular weight is 449 g/mol. The molecule has 4 aromatic carbocycles. The first-order valence-electron chi connectivity index (χ1n) is 12.7. The molecule has 0 amide bonds. The minimum absolute atomic E-state index is 1.11. The summed E-state index contributed by atoms with van der Waals surface area (Å²) in [5.41, 5.74) is 9.86. The summed E-state index contributed by atoms with van der Waals surface area (Å²) in [4.78, 5) is 0. The summed E-state index contributed by atoms with van der Waals surface area (Å²) in [6, 6.07) is 34.7. The van der Waals surface area contributed by atoms with Gasteiger partial charge in [0.25, 0.3) is 0 Å². The van der Waals surface area contributed by atoms with Gasteiger partial charge >= 0.3 is 0 Å². The van der Waals surface area contributed by atoms with Crippen LogP contribution in [0.3, 0.4) is 0 Å². The predicted molar refractivity (Wildman–Crippen MR) is 149 cm³/mol. The number of aryl methyl sites for hydroxylation is 2. The second kappa shape index (κ2) is 12.1. The van der Waals surface area contributed by atoms with E-state index in [1.807, 2.05) is 0 Å². The Labute approximate surface area is 205 Å². The molecule has 0 radical (unpaired) electrons. The van der Waals surface area contributed by atoms with Crippen LogP contribution >= 0.6 is 0 Å². The van der Waals surface area contributed by atoms with Crippen LogP contribution in [0.1, 0.15) is 50.7 Å². The Balaban J connectivity index is 1.42. The molecule has 0 saturated carbocycles. The molecule has 0 aliphatic carbocycles. The molecule has 2 N–H and O–H groups in total. The van der Waals surface area contributed by atoms with Gasteiger partial charge in [-0.15, -0.1) is 0 Å². The third-order valence-electron chi connectivity index (χ3n) is 6.30. The van der Waals surface area contributed by atoms with Gasteiger partial charge in [-0.05, 0) is 84.3 Å². The van der Waals surface area contributed by atoms with Gasteiger partial charge in [0, 0.05) is 22.7 Å². The fourth-order valence-electron chi connectivity index (χ4n) is 4.26. The molecule has 0 fully saturated rings. The van der Waals surface area contributed by atoms with Gasteiger partial charge in [-0.3, -0.25) is 0 Å². The smallest absolute Gasteiger partial charge is 0.0416 e. The van der Waals surface area contributed by atoms with Crippen LogP contribution in [0.2, 0.25) is 0 Å². The van der Waals surface area contributed by atoms with E-state index in [0.29, 0.717) is 0 Å². The van der Waals surface area contributed by atoms with Crippen molar-refractivity contribution in [1.29, 1.82) is 0 Å². The van der Waals surface area contributed by atoms with E-state index in [-0.39, 0.29) is 0 Å². The molecule has 0 bridgehead atoms. The van der Waals surface area contributed by atoms with E-state index in [4.69, 9.17) is 0 Å². The molecule has 0 aliphatic heterocycles. The maximum absolute atomic E-state index is 3.61. The predicted octanol–water partition coefficient (Wildman–Crippen LogP) is 9.53. The zero-order chi connectivity index (χ0) is 23.6. The van der Waals surface area contributed by atoms with E-state index in [0.717, 1.165) is 24.2 Å². The summed E-state index contributed by atoms with van der Waals surface area (Å²) < 4.78 is 0. The topological polar surface area (TPSA) is 24.1 Å². The van der Waals surface area contributed by atoms with Crippen molar-refractivity contribution in [3.8, 4) is 11.1 Å². The third-order valence-corrected chi connectivity index (χ3v) is 6.30. The Morgan fingerprint density at radius 2 is 0.853 bits per heavy atom. The number of benzene rings is 4. The second-order valence-electron chi connectivity index (χ2n) is 8.93. The minimum atomic E-state index is 1.11. The molecule has 0 aromatic heterocycles. The van der Waals surface area contributed by atoms with E-state index < -0.39 is 0 Å². The quantitative estimate of drug-likeness (QED) is 0.239. The second-order valence-corrected chi connectivity index (χ2v) is 8.93. The molecule has 2 nitrogen and oxygen atoms in total. The summed E-state index contributed by atoms with van der Waals surface area (Å²) in [5, 5.41) is 7.21. The molecule has 0 saturated heterocycles. The first kappa shape index (κ1) is 23.6. The van der Waals surface area contributed by atoms with Crippen molar-refractivity contribution in [2.24, 2.45) is 0 Å².